The molecule has 0 radical (unpaired) electrons. The predicted molar refractivity (Wildman–Crippen MR) is 114 cm³/mol. The number of anilines is 1. The van der Waals surface area contributed by atoms with Gasteiger partial charge >= 0.3 is 0 Å². The summed E-state index contributed by atoms with van der Waals surface area (Å²) >= 11 is 4.44. The maximum absolute atomic E-state index is 12.7. The maximum atomic E-state index is 12.7. The van der Waals surface area contributed by atoms with Crippen LogP contribution in [0.3, 0.4) is 0 Å². The molecule has 4 rings (SSSR count). The summed E-state index contributed by atoms with van der Waals surface area (Å²) in [5, 5.41) is 12.0. The Morgan fingerprint density at radius 2 is 1.93 bits per heavy atom. The van der Waals surface area contributed by atoms with Crippen LogP contribution in [0.1, 0.15) is 22.8 Å². The highest BCUT2D eigenvalue weighted by Gasteiger charge is 2.15. The first-order valence-corrected chi connectivity index (χ1v) is 11.4. The Balaban J connectivity index is 1.47. The monoisotopic (exact) mass is 428 g/mol. The van der Waals surface area contributed by atoms with E-state index in [9.17, 15) is 4.79 Å². The van der Waals surface area contributed by atoms with Crippen molar-refractivity contribution in [2.75, 3.05) is 11.1 Å². The summed E-state index contributed by atoms with van der Waals surface area (Å²) in [6.45, 7) is 2.05. The van der Waals surface area contributed by atoms with Crippen molar-refractivity contribution in [1.82, 2.24) is 15.2 Å². The van der Waals surface area contributed by atoms with E-state index in [4.69, 9.17) is 4.42 Å². The zero-order valence-corrected chi connectivity index (χ0v) is 17.4. The van der Waals surface area contributed by atoms with E-state index < -0.39 is 0 Å². The van der Waals surface area contributed by atoms with Crippen molar-refractivity contribution in [2.24, 2.45) is 0 Å². The van der Waals surface area contributed by atoms with Crippen molar-refractivity contribution in [3.8, 4) is 0 Å². The number of carbonyl (C=O) groups is 1. The van der Waals surface area contributed by atoms with E-state index in [-0.39, 0.29) is 5.91 Å². The molecule has 0 bridgehead atoms. The van der Waals surface area contributed by atoms with Gasteiger partial charge in [0.2, 0.25) is 5.13 Å². The molecule has 2 aromatic carbocycles. The lowest BCUT2D eigenvalue weighted by molar-refractivity contribution is 0.102. The highest BCUT2D eigenvalue weighted by Crippen LogP contribution is 2.28. The highest BCUT2D eigenvalue weighted by atomic mass is 32.2. The van der Waals surface area contributed by atoms with Gasteiger partial charge in [-0.1, -0.05) is 72.1 Å². The third-order valence-electron chi connectivity index (χ3n) is 3.78. The van der Waals surface area contributed by atoms with Crippen molar-refractivity contribution in [1.29, 1.82) is 0 Å². The number of aromatic nitrogens is 3. The molecule has 2 aromatic heterocycles. The van der Waals surface area contributed by atoms with E-state index >= 15 is 0 Å². The fourth-order valence-corrected chi connectivity index (χ4v) is 5.01. The summed E-state index contributed by atoms with van der Waals surface area (Å²) in [7, 11) is 0. The van der Waals surface area contributed by atoms with Crippen LogP contribution in [0.4, 0.5) is 5.13 Å². The van der Waals surface area contributed by atoms with Gasteiger partial charge in [0.1, 0.15) is 5.52 Å². The molecule has 0 fully saturated rings. The minimum absolute atomic E-state index is 0.196. The van der Waals surface area contributed by atoms with Crippen molar-refractivity contribution < 1.29 is 9.21 Å². The van der Waals surface area contributed by atoms with Gasteiger partial charge in [0, 0.05) is 11.3 Å². The molecule has 0 spiro atoms. The summed E-state index contributed by atoms with van der Waals surface area (Å²) in [4.78, 5) is 17.2. The lowest BCUT2D eigenvalue weighted by atomic mass is 10.1. The third-order valence-corrected chi connectivity index (χ3v) is 6.51. The first kappa shape index (κ1) is 19.0. The molecule has 0 aliphatic heterocycles. The minimum atomic E-state index is -0.196. The molecule has 28 heavy (non-hydrogen) atoms. The van der Waals surface area contributed by atoms with Gasteiger partial charge < -0.3 is 4.42 Å². The Hall–Kier alpha value is -2.36. The van der Waals surface area contributed by atoms with Crippen LogP contribution in [0.15, 0.2) is 62.5 Å². The number of hydrogen-bond donors (Lipinski definition) is 1. The number of para-hydroxylation sites is 2. The quantitative estimate of drug-likeness (QED) is 0.314. The van der Waals surface area contributed by atoms with E-state index in [2.05, 4.69) is 27.4 Å². The molecule has 9 heteroatoms. The van der Waals surface area contributed by atoms with Crippen molar-refractivity contribution >= 4 is 57.0 Å². The average molecular weight is 429 g/mol. The number of fused-ring (bicyclic) bond motifs is 1. The molecule has 1 amide bonds. The molecule has 4 aromatic rings. The first-order valence-electron chi connectivity index (χ1n) is 8.57. The van der Waals surface area contributed by atoms with E-state index in [0.717, 1.165) is 26.8 Å². The van der Waals surface area contributed by atoms with E-state index in [1.54, 1.807) is 17.8 Å². The van der Waals surface area contributed by atoms with Gasteiger partial charge in [-0.15, -0.1) is 10.2 Å². The van der Waals surface area contributed by atoms with Crippen molar-refractivity contribution in [2.45, 2.75) is 22.2 Å². The zero-order chi connectivity index (χ0) is 19.3. The molecule has 0 atom stereocenters. The number of amides is 1. The fraction of sp³-hybridized carbons (Fsp3) is 0.158. The zero-order valence-electron chi connectivity index (χ0n) is 14.9. The van der Waals surface area contributed by atoms with Crippen LogP contribution in [0.2, 0.25) is 0 Å². The summed E-state index contributed by atoms with van der Waals surface area (Å²) in [5.41, 5.74) is 3.09. The van der Waals surface area contributed by atoms with Crippen molar-refractivity contribution in [3.63, 3.8) is 0 Å². The van der Waals surface area contributed by atoms with Gasteiger partial charge in [0.25, 0.3) is 11.1 Å². The van der Waals surface area contributed by atoms with E-state index in [1.165, 1.54) is 23.1 Å². The van der Waals surface area contributed by atoms with Crippen LogP contribution in [0, 0.1) is 0 Å². The lowest BCUT2D eigenvalue weighted by Crippen LogP contribution is -2.13. The largest absolute Gasteiger partial charge is 0.431 e. The van der Waals surface area contributed by atoms with Crippen LogP contribution < -0.4 is 5.32 Å². The number of benzene rings is 2. The minimum Gasteiger partial charge on any atom is -0.431 e. The fourth-order valence-electron chi connectivity index (χ4n) is 2.53. The van der Waals surface area contributed by atoms with Crippen LogP contribution in [0.25, 0.3) is 11.1 Å². The molecule has 6 nitrogen and oxygen atoms in total. The summed E-state index contributed by atoms with van der Waals surface area (Å²) < 4.78 is 6.59. The number of nitrogens with zero attached hydrogens (tertiary/aromatic N) is 3. The lowest BCUT2D eigenvalue weighted by Gasteiger charge is -2.07. The molecule has 0 unspecified atom stereocenters. The van der Waals surface area contributed by atoms with E-state index in [0.29, 0.717) is 21.7 Å². The van der Waals surface area contributed by atoms with Gasteiger partial charge in [-0.05, 0) is 29.5 Å². The van der Waals surface area contributed by atoms with Crippen LogP contribution >= 0.6 is 34.9 Å². The average Bonchev–Trinajstić information content (AvgIpc) is 3.33. The number of oxazole rings is 1. The second-order valence-corrected chi connectivity index (χ2v) is 9.07. The molecular formula is C19H16N4O2S3. The summed E-state index contributed by atoms with van der Waals surface area (Å²) in [6, 6.07) is 15.2. The van der Waals surface area contributed by atoms with Gasteiger partial charge in [-0.3, -0.25) is 10.1 Å². The van der Waals surface area contributed by atoms with Gasteiger partial charge in [-0.25, -0.2) is 4.98 Å². The first-order chi connectivity index (χ1) is 13.7. The maximum Gasteiger partial charge on any atom is 0.257 e. The Labute approximate surface area is 174 Å². The SMILES string of the molecule is CCSc1nnc(NC(=O)c2ccccc2CSc2nc3ccccc3o2)s1. The topological polar surface area (TPSA) is 80.9 Å². The molecule has 0 aliphatic rings. The molecule has 2 heterocycles. The number of hydrogen-bond acceptors (Lipinski definition) is 8. The highest BCUT2D eigenvalue weighted by molar-refractivity contribution is 8.01. The molecule has 0 saturated carbocycles. The third kappa shape index (κ3) is 4.37. The van der Waals surface area contributed by atoms with Crippen LogP contribution in [-0.4, -0.2) is 26.8 Å². The van der Waals surface area contributed by atoms with Gasteiger partial charge in [-0.2, -0.15) is 0 Å². The molecule has 142 valence electrons. The second-order valence-electron chi connectivity index (χ2n) is 5.65. The normalized spacial score (nSPS) is 11.0. The second kappa shape index (κ2) is 8.76. The Morgan fingerprint density at radius 3 is 2.79 bits per heavy atom. The number of carbonyl (C=O) groups excluding carboxylic acids is 1. The Morgan fingerprint density at radius 1 is 1.11 bits per heavy atom. The Bertz CT molecular complexity index is 1080. The molecule has 1 N–H and O–H groups in total. The summed E-state index contributed by atoms with van der Waals surface area (Å²) in [6.07, 6.45) is 0. The standard InChI is InChI=1S/C19H16N4O2S3/c1-2-26-19-23-22-17(28-19)21-16(24)13-8-4-3-7-12(13)11-27-18-20-14-9-5-6-10-15(14)25-18/h3-10H,2,11H2,1H3,(H,21,22,24). The smallest absolute Gasteiger partial charge is 0.257 e. The van der Waals surface area contributed by atoms with Crippen LogP contribution in [-0.2, 0) is 5.75 Å². The van der Waals surface area contributed by atoms with Gasteiger partial charge in [0.05, 0.1) is 0 Å². The molecule has 0 aliphatic carbocycles. The number of nitrogens with one attached hydrogen (secondary N) is 1. The Kier molecular flexibility index (Phi) is 5.94. The summed E-state index contributed by atoms with van der Waals surface area (Å²) in [5.74, 6) is 1.29. The number of thioether (sulfide) groups is 2. The van der Waals surface area contributed by atoms with Gasteiger partial charge in [0.15, 0.2) is 9.92 Å². The van der Waals surface area contributed by atoms with Crippen molar-refractivity contribution in [3.05, 3.63) is 59.7 Å². The van der Waals surface area contributed by atoms with E-state index in [1.807, 2.05) is 42.5 Å². The van der Waals surface area contributed by atoms with Crippen LogP contribution in [0.5, 0.6) is 0 Å². The predicted octanol–water partition coefficient (Wildman–Crippen LogP) is 5.34. The molecule has 0 saturated heterocycles. The number of rotatable bonds is 7. The molecular weight excluding hydrogens is 412 g/mol.